The average molecular weight is 558 g/mol. The second-order valence-corrected chi connectivity index (χ2v) is 8.43. The summed E-state index contributed by atoms with van der Waals surface area (Å²) in [6.45, 7) is 0. The van der Waals surface area contributed by atoms with Gasteiger partial charge in [-0.1, -0.05) is 0 Å². The Morgan fingerprint density at radius 1 is 0.656 bits per heavy atom. The lowest BCUT2D eigenvalue weighted by atomic mass is 10.3. The normalized spacial score (nSPS) is 11.3. The molecule has 10 nitrogen and oxygen atoms in total. The molecule has 0 radical (unpaired) electrons. The number of halogens is 2. The van der Waals surface area contributed by atoms with E-state index in [2.05, 4.69) is 52.5 Å². The van der Waals surface area contributed by atoms with E-state index in [1.165, 1.54) is 8.80 Å². The number of nitrogens with two attached hydrogens (primary N) is 2. The van der Waals surface area contributed by atoms with Crippen LogP contribution in [0, 0.1) is 0 Å². The van der Waals surface area contributed by atoms with Crippen molar-refractivity contribution in [2.24, 2.45) is 0 Å². The van der Waals surface area contributed by atoms with Crippen LogP contribution in [0.5, 0.6) is 0 Å². The fourth-order valence-corrected chi connectivity index (χ4v) is 4.35. The maximum Gasteiger partial charge on any atom is 0.285 e. The van der Waals surface area contributed by atoms with Crippen molar-refractivity contribution in [1.29, 1.82) is 0 Å². The molecule has 3 heterocycles. The standard InChI is InChI=1S/C20H14Br2N8O2/c21-15-13-18(32)30-14(16(22)28-20(30)26-12-7-3-10(24)4-8-12)17(31)29(13)19(27-15)25-11-5-1-9(23)2-6-11/h1-8H,23-24H2,(H,25,27)(H,26,28). The zero-order chi connectivity index (χ0) is 22.6. The van der Waals surface area contributed by atoms with E-state index in [1.807, 2.05) is 0 Å². The number of benzene rings is 2. The highest BCUT2D eigenvalue weighted by Gasteiger charge is 2.24. The third kappa shape index (κ3) is 3.24. The Morgan fingerprint density at radius 2 is 1.00 bits per heavy atom. The van der Waals surface area contributed by atoms with Crippen molar-refractivity contribution in [3.8, 4) is 0 Å². The fraction of sp³-hybridized carbons (Fsp3) is 0. The van der Waals surface area contributed by atoms with E-state index >= 15 is 0 Å². The number of nitrogens with zero attached hydrogens (tertiary/aromatic N) is 4. The summed E-state index contributed by atoms with van der Waals surface area (Å²) < 4.78 is 2.89. The molecule has 0 saturated heterocycles. The predicted molar refractivity (Wildman–Crippen MR) is 131 cm³/mol. The molecule has 0 fully saturated rings. The van der Waals surface area contributed by atoms with Gasteiger partial charge in [-0.3, -0.25) is 9.59 Å². The van der Waals surface area contributed by atoms with E-state index in [-0.39, 0.29) is 32.1 Å². The van der Waals surface area contributed by atoms with Gasteiger partial charge in [0.25, 0.3) is 11.1 Å². The van der Waals surface area contributed by atoms with E-state index in [0.717, 1.165) is 0 Å². The summed E-state index contributed by atoms with van der Waals surface area (Å²) in [4.78, 5) is 35.5. The fourth-order valence-electron chi connectivity index (χ4n) is 3.32. The van der Waals surface area contributed by atoms with Crippen molar-refractivity contribution in [2.45, 2.75) is 0 Å². The Labute approximate surface area is 196 Å². The van der Waals surface area contributed by atoms with Crippen LogP contribution in [-0.4, -0.2) is 18.8 Å². The van der Waals surface area contributed by atoms with Crippen LogP contribution in [-0.2, 0) is 0 Å². The molecule has 0 amide bonds. The number of fused-ring (bicyclic) bond motifs is 2. The summed E-state index contributed by atoms with van der Waals surface area (Å²) in [6, 6.07) is 13.8. The van der Waals surface area contributed by atoms with Crippen LogP contribution in [0.15, 0.2) is 67.3 Å². The molecule has 0 aliphatic heterocycles. The summed E-state index contributed by atoms with van der Waals surface area (Å²) in [5, 5.41) is 6.11. The van der Waals surface area contributed by atoms with E-state index in [1.54, 1.807) is 48.5 Å². The molecule has 0 aliphatic carbocycles. The Balaban J connectivity index is 1.71. The van der Waals surface area contributed by atoms with Gasteiger partial charge in [-0.05, 0) is 80.4 Å². The van der Waals surface area contributed by atoms with E-state index in [9.17, 15) is 9.59 Å². The molecular weight excluding hydrogens is 544 g/mol. The number of imidazole rings is 2. The quantitative estimate of drug-likeness (QED) is 0.246. The molecule has 160 valence electrons. The van der Waals surface area contributed by atoms with Gasteiger partial charge in [0, 0.05) is 22.7 Å². The highest BCUT2D eigenvalue weighted by Crippen LogP contribution is 2.26. The lowest BCUT2D eigenvalue weighted by Gasteiger charge is -2.07. The van der Waals surface area contributed by atoms with E-state index in [4.69, 9.17) is 11.5 Å². The molecular formula is C20H14Br2N8O2. The van der Waals surface area contributed by atoms with Gasteiger partial charge in [-0.25, -0.2) is 18.8 Å². The topological polar surface area (TPSA) is 145 Å². The summed E-state index contributed by atoms with van der Waals surface area (Å²) in [5.41, 5.74) is 13.2. The van der Waals surface area contributed by atoms with Gasteiger partial charge in [0.05, 0.1) is 0 Å². The van der Waals surface area contributed by atoms with Gasteiger partial charge in [0.2, 0.25) is 11.9 Å². The summed E-state index contributed by atoms with van der Waals surface area (Å²) >= 11 is 6.62. The van der Waals surface area contributed by atoms with Gasteiger partial charge >= 0.3 is 0 Å². The number of nitrogens with one attached hydrogen (secondary N) is 2. The number of hydrogen-bond donors (Lipinski definition) is 4. The Hall–Kier alpha value is -3.64. The van der Waals surface area contributed by atoms with Crippen molar-refractivity contribution >= 4 is 77.5 Å². The summed E-state index contributed by atoms with van der Waals surface area (Å²) in [5.74, 6) is 0.366. The number of rotatable bonds is 4. The number of anilines is 6. The highest BCUT2D eigenvalue weighted by molar-refractivity contribution is 9.10. The minimum atomic E-state index is -0.472. The lowest BCUT2D eigenvalue weighted by Crippen LogP contribution is -2.27. The maximum atomic E-state index is 13.4. The highest BCUT2D eigenvalue weighted by atomic mass is 79.9. The molecule has 6 N–H and O–H groups in total. The monoisotopic (exact) mass is 556 g/mol. The first-order valence-corrected chi connectivity index (χ1v) is 10.8. The molecule has 0 unspecified atom stereocenters. The minimum Gasteiger partial charge on any atom is -0.399 e. The summed E-state index contributed by atoms with van der Waals surface area (Å²) in [7, 11) is 0. The van der Waals surface area contributed by atoms with Crippen LogP contribution >= 0.6 is 31.9 Å². The van der Waals surface area contributed by atoms with Crippen molar-refractivity contribution in [3.05, 3.63) is 78.4 Å². The first-order valence-electron chi connectivity index (χ1n) is 9.24. The van der Waals surface area contributed by atoms with Crippen molar-refractivity contribution in [1.82, 2.24) is 18.8 Å². The van der Waals surface area contributed by atoms with Gasteiger partial charge < -0.3 is 22.1 Å². The Kier molecular flexibility index (Phi) is 4.75. The van der Waals surface area contributed by atoms with Gasteiger partial charge in [-0.15, -0.1) is 0 Å². The minimum absolute atomic E-state index is 0.0747. The van der Waals surface area contributed by atoms with Crippen molar-refractivity contribution in [3.63, 3.8) is 0 Å². The molecule has 0 bridgehead atoms. The smallest absolute Gasteiger partial charge is 0.285 e. The van der Waals surface area contributed by atoms with Crippen molar-refractivity contribution < 1.29 is 0 Å². The van der Waals surface area contributed by atoms with Crippen LogP contribution in [0.1, 0.15) is 0 Å². The number of hydrogen-bond acceptors (Lipinski definition) is 8. The molecule has 12 heteroatoms. The van der Waals surface area contributed by atoms with Crippen LogP contribution in [0.25, 0.3) is 11.0 Å². The van der Waals surface area contributed by atoms with Crippen LogP contribution in [0.2, 0.25) is 0 Å². The van der Waals surface area contributed by atoms with Gasteiger partial charge in [0.15, 0.2) is 11.0 Å². The SMILES string of the molecule is Nc1ccc(Nc2nc(Br)c3c(=O)n4c(Nc5ccc(N)cc5)nc(Br)c4c(=O)n23)cc1. The van der Waals surface area contributed by atoms with E-state index < -0.39 is 11.1 Å². The van der Waals surface area contributed by atoms with Crippen molar-refractivity contribution in [2.75, 3.05) is 22.1 Å². The molecule has 5 rings (SSSR count). The largest absolute Gasteiger partial charge is 0.399 e. The van der Waals surface area contributed by atoms with Crippen LogP contribution in [0.3, 0.4) is 0 Å². The van der Waals surface area contributed by atoms with E-state index in [0.29, 0.717) is 22.7 Å². The number of nitrogen functional groups attached to an aromatic ring is 2. The molecule has 0 atom stereocenters. The van der Waals surface area contributed by atoms with Crippen LogP contribution < -0.4 is 33.2 Å². The molecule has 32 heavy (non-hydrogen) atoms. The third-order valence-electron chi connectivity index (χ3n) is 4.81. The maximum absolute atomic E-state index is 13.4. The zero-order valence-corrected chi connectivity index (χ0v) is 19.3. The number of aromatic nitrogens is 4. The van der Waals surface area contributed by atoms with Gasteiger partial charge in [0.1, 0.15) is 9.21 Å². The molecule has 0 spiro atoms. The molecule has 3 aromatic heterocycles. The van der Waals surface area contributed by atoms with Crippen LogP contribution in [0.4, 0.5) is 34.6 Å². The van der Waals surface area contributed by atoms with Gasteiger partial charge in [-0.2, -0.15) is 0 Å². The first kappa shape index (κ1) is 20.3. The summed E-state index contributed by atoms with van der Waals surface area (Å²) in [6.07, 6.45) is 0. The zero-order valence-electron chi connectivity index (χ0n) is 16.1. The average Bonchev–Trinajstić information content (AvgIpc) is 3.26. The third-order valence-corrected chi connectivity index (χ3v) is 5.92. The molecule has 2 aromatic carbocycles. The molecule has 0 saturated carbocycles. The first-order chi connectivity index (χ1) is 15.3. The second-order valence-electron chi connectivity index (χ2n) is 6.92. The predicted octanol–water partition coefficient (Wildman–Crippen LogP) is 3.32. The second kappa shape index (κ2) is 7.50. The Bertz CT molecular complexity index is 1470. The lowest BCUT2D eigenvalue weighted by molar-refractivity contribution is 1.02. The molecule has 0 aliphatic rings. The molecule has 5 aromatic rings. The Morgan fingerprint density at radius 3 is 1.34 bits per heavy atom.